The highest BCUT2D eigenvalue weighted by Crippen LogP contribution is 2.31. The molecule has 1 atom stereocenters. The van der Waals surface area contributed by atoms with Crippen molar-refractivity contribution in [1.29, 1.82) is 0 Å². The third kappa shape index (κ3) is 4.19. The smallest absolute Gasteiger partial charge is 0.338 e. The van der Waals surface area contributed by atoms with E-state index in [4.69, 9.17) is 9.47 Å². The summed E-state index contributed by atoms with van der Waals surface area (Å²) in [5, 5.41) is 14.4. The number of ether oxygens (including phenoxy) is 2. The number of unbranched alkanes of at least 4 members (excludes halogenated alkanes) is 2. The molecule has 0 aromatic rings. The second kappa shape index (κ2) is 8.57. The van der Waals surface area contributed by atoms with Gasteiger partial charge in [0.1, 0.15) is 11.5 Å². The van der Waals surface area contributed by atoms with Gasteiger partial charge in [-0.3, -0.25) is 10.1 Å². The van der Waals surface area contributed by atoms with Gasteiger partial charge in [-0.1, -0.05) is 26.7 Å². The Hall–Kier alpha value is -2.24. The number of allylic oxidation sites excluding steroid dienone is 4. The Morgan fingerprint density at radius 3 is 2.71 bits per heavy atom. The number of hydrogen-bond donors (Lipinski definition) is 1. The van der Waals surface area contributed by atoms with Gasteiger partial charge in [-0.25, -0.2) is 4.79 Å². The minimum Gasteiger partial charge on any atom is -0.509 e. The summed E-state index contributed by atoms with van der Waals surface area (Å²) in [4.78, 5) is 24.3. The van der Waals surface area contributed by atoms with Crippen molar-refractivity contribution >= 4 is 11.8 Å². The fourth-order valence-electron chi connectivity index (χ4n) is 2.47. The van der Waals surface area contributed by atoms with Crippen LogP contribution in [0.2, 0.25) is 0 Å². The highest BCUT2D eigenvalue weighted by Gasteiger charge is 2.36. The van der Waals surface area contributed by atoms with Gasteiger partial charge in [-0.05, 0) is 18.9 Å². The average molecular weight is 334 g/mol. The van der Waals surface area contributed by atoms with Gasteiger partial charge in [0.2, 0.25) is 6.04 Å². The molecule has 0 fully saturated rings. The maximum atomic E-state index is 12.3. The largest absolute Gasteiger partial charge is 0.509 e. The van der Waals surface area contributed by atoms with Crippen molar-refractivity contribution in [2.75, 3.05) is 13.2 Å². The van der Waals surface area contributed by atoms with Gasteiger partial charge in [0.25, 0.3) is 0 Å². The number of ketones is 1. The molecule has 24 heavy (non-hydrogen) atoms. The first-order chi connectivity index (χ1) is 11.6. The van der Waals surface area contributed by atoms with E-state index >= 15 is 0 Å². The van der Waals surface area contributed by atoms with Crippen molar-refractivity contribution in [1.82, 2.24) is 5.32 Å². The summed E-state index contributed by atoms with van der Waals surface area (Å²) in [6.07, 6.45) is 6.78. The first-order valence-electron chi connectivity index (χ1n) is 8.45. The van der Waals surface area contributed by atoms with E-state index in [1.54, 1.807) is 6.08 Å². The van der Waals surface area contributed by atoms with Gasteiger partial charge < -0.3 is 14.6 Å². The van der Waals surface area contributed by atoms with Crippen LogP contribution in [0.15, 0.2) is 34.9 Å². The topological polar surface area (TPSA) is 86.9 Å². The predicted molar refractivity (Wildman–Crippen MR) is 88.1 cm³/mol. The third-order valence-electron chi connectivity index (χ3n) is 3.85. The lowest BCUT2D eigenvalue weighted by molar-refractivity contribution is -0.145. The number of carbonyl (C=O) groups is 2. The maximum Gasteiger partial charge on any atom is 0.338 e. The number of aliphatic hydroxyl groups is 1. The lowest BCUT2D eigenvalue weighted by Crippen LogP contribution is -2.37. The Balaban J connectivity index is 2.09. The van der Waals surface area contributed by atoms with Crippen LogP contribution in [0.1, 0.15) is 46.0 Å². The van der Waals surface area contributed by atoms with E-state index in [9.17, 15) is 14.7 Å². The zero-order valence-electron chi connectivity index (χ0n) is 14.2. The van der Waals surface area contributed by atoms with Crippen LogP contribution >= 0.6 is 0 Å². The fourth-order valence-corrected chi connectivity index (χ4v) is 2.47. The maximum absolute atomic E-state index is 12.3. The second-order valence-corrected chi connectivity index (χ2v) is 5.83. The van der Waals surface area contributed by atoms with Crippen LogP contribution in [0.4, 0.5) is 0 Å². The molecule has 0 amide bonds. The minimum absolute atomic E-state index is 0.0814. The van der Waals surface area contributed by atoms with E-state index in [1.807, 2.05) is 6.92 Å². The highest BCUT2D eigenvalue weighted by atomic mass is 16.5. The van der Waals surface area contributed by atoms with Crippen molar-refractivity contribution in [3.63, 3.8) is 0 Å². The van der Waals surface area contributed by atoms with Crippen molar-refractivity contribution in [2.45, 2.75) is 52.0 Å². The van der Waals surface area contributed by atoms with E-state index in [-0.39, 0.29) is 30.1 Å². The summed E-state index contributed by atoms with van der Waals surface area (Å²) in [5.74, 6) is -0.669. The number of rotatable bonds is 8. The molecule has 0 bridgehead atoms. The van der Waals surface area contributed by atoms with E-state index in [0.29, 0.717) is 17.9 Å². The molecule has 6 heteroatoms. The van der Waals surface area contributed by atoms with E-state index in [0.717, 1.165) is 25.7 Å². The molecular formula is C18H24NO5. The number of carbonyl (C=O) groups excluding carboxylic acids is 2. The zero-order valence-corrected chi connectivity index (χ0v) is 14.2. The van der Waals surface area contributed by atoms with Crippen LogP contribution in [0, 0.1) is 0 Å². The standard InChI is InChI=1S/C18H24NO5/c1-3-5-7-23-13-9-12-11-19-16(18(22)24-8-6-4-2)17(21)15(12)14(20)10-13/h9,11,16,21H,3-8,10H2,1-2H3. The SMILES string of the molecule is CCCCOC(=O)C1[N]C=C2C=C(OCCCC)CC(=O)C2=C1O. The van der Waals surface area contributed by atoms with Crippen molar-refractivity contribution < 1.29 is 24.2 Å². The Morgan fingerprint density at radius 1 is 1.29 bits per heavy atom. The van der Waals surface area contributed by atoms with Crippen molar-refractivity contribution in [3.05, 3.63) is 34.9 Å². The molecule has 1 aliphatic heterocycles. The first-order valence-corrected chi connectivity index (χ1v) is 8.45. The van der Waals surface area contributed by atoms with Gasteiger partial charge in [0, 0.05) is 11.8 Å². The highest BCUT2D eigenvalue weighted by molar-refractivity contribution is 6.05. The molecule has 0 saturated heterocycles. The zero-order chi connectivity index (χ0) is 17.5. The molecule has 2 aliphatic rings. The van der Waals surface area contributed by atoms with E-state index < -0.39 is 12.0 Å². The molecule has 1 heterocycles. The second-order valence-electron chi connectivity index (χ2n) is 5.83. The van der Waals surface area contributed by atoms with Gasteiger partial charge in [-0.15, -0.1) is 0 Å². The first kappa shape index (κ1) is 18.1. The number of nitrogens with zero attached hydrogens (tertiary/aromatic N) is 1. The molecule has 1 unspecified atom stereocenters. The van der Waals surface area contributed by atoms with Crippen LogP contribution < -0.4 is 5.32 Å². The minimum atomic E-state index is -1.15. The number of Topliss-reactive ketones (excluding diaryl/α,β-unsaturated/α-hetero) is 1. The molecular weight excluding hydrogens is 310 g/mol. The monoisotopic (exact) mass is 334 g/mol. The van der Waals surface area contributed by atoms with E-state index in [1.165, 1.54) is 6.20 Å². The van der Waals surface area contributed by atoms with E-state index in [2.05, 4.69) is 12.2 Å². The summed E-state index contributed by atoms with van der Waals surface area (Å²) in [6, 6.07) is -1.15. The number of esters is 1. The molecule has 2 rings (SSSR count). The molecule has 6 nitrogen and oxygen atoms in total. The average Bonchev–Trinajstić information content (AvgIpc) is 2.55. The van der Waals surface area contributed by atoms with Crippen LogP contribution in [0.25, 0.3) is 0 Å². The van der Waals surface area contributed by atoms with Gasteiger partial charge in [0.05, 0.1) is 25.2 Å². The van der Waals surface area contributed by atoms with Gasteiger partial charge in [-0.2, -0.15) is 0 Å². The lowest BCUT2D eigenvalue weighted by atomic mass is 9.88. The molecule has 1 N–H and O–H groups in total. The van der Waals surface area contributed by atoms with Crippen LogP contribution in [0.5, 0.6) is 0 Å². The normalized spacial score (nSPS) is 19.9. The van der Waals surface area contributed by atoms with Crippen LogP contribution in [-0.4, -0.2) is 36.1 Å². The Bertz CT molecular complexity index is 588. The molecule has 1 radical (unpaired) electrons. The molecule has 0 aromatic carbocycles. The van der Waals surface area contributed by atoms with Crippen LogP contribution in [-0.2, 0) is 19.1 Å². The summed E-state index contributed by atoms with van der Waals surface area (Å²) in [6.45, 7) is 4.88. The Labute approximate surface area is 142 Å². The van der Waals surface area contributed by atoms with Gasteiger partial charge >= 0.3 is 5.97 Å². The third-order valence-corrected chi connectivity index (χ3v) is 3.85. The fraction of sp³-hybridized carbons (Fsp3) is 0.556. The van der Waals surface area contributed by atoms with Crippen molar-refractivity contribution in [2.24, 2.45) is 0 Å². The molecule has 0 spiro atoms. The predicted octanol–water partition coefficient (Wildman–Crippen LogP) is 2.69. The summed E-state index contributed by atoms with van der Waals surface area (Å²) in [5.41, 5.74) is 0.623. The number of hydrogen-bond acceptors (Lipinski definition) is 5. The summed E-state index contributed by atoms with van der Waals surface area (Å²) < 4.78 is 10.7. The molecule has 0 aromatic heterocycles. The molecule has 1 aliphatic carbocycles. The Kier molecular flexibility index (Phi) is 6.46. The van der Waals surface area contributed by atoms with Crippen molar-refractivity contribution in [3.8, 4) is 0 Å². The Morgan fingerprint density at radius 2 is 2.00 bits per heavy atom. The quantitative estimate of drug-likeness (QED) is 0.545. The molecule has 131 valence electrons. The van der Waals surface area contributed by atoms with Gasteiger partial charge in [0.15, 0.2) is 5.78 Å². The number of aliphatic hydroxyl groups excluding tert-OH is 1. The molecule has 0 saturated carbocycles. The van der Waals surface area contributed by atoms with Crippen LogP contribution in [0.3, 0.4) is 0 Å². The summed E-state index contributed by atoms with van der Waals surface area (Å²) >= 11 is 0. The number of fused-ring (bicyclic) bond motifs is 1. The summed E-state index contributed by atoms with van der Waals surface area (Å²) in [7, 11) is 0. The lowest BCUT2D eigenvalue weighted by Gasteiger charge is -2.25.